The molecule has 0 bridgehead atoms. The summed E-state index contributed by atoms with van der Waals surface area (Å²) in [4.78, 5) is 33.5. The van der Waals surface area contributed by atoms with E-state index in [9.17, 15) is 9.59 Å². The van der Waals surface area contributed by atoms with Crippen LogP contribution in [0.2, 0.25) is 10.3 Å². The number of nitrogens with zero attached hydrogens (tertiary/aromatic N) is 3. The second kappa shape index (κ2) is 9.30. The fraction of sp³-hybridized carbons (Fsp3) is 0.100. The molecule has 28 heavy (non-hydrogen) atoms. The van der Waals surface area contributed by atoms with Crippen LogP contribution in [0.15, 0.2) is 60.8 Å². The average molecular weight is 415 g/mol. The van der Waals surface area contributed by atoms with E-state index in [0.29, 0.717) is 18.7 Å². The van der Waals surface area contributed by atoms with Gasteiger partial charge in [-0.15, -0.1) is 0 Å². The monoisotopic (exact) mass is 414 g/mol. The SMILES string of the molecule is O=CN(CCc1ccccn1)c1ccc(NC(=O)c2ccc(Cl)nc2Cl)cc1. The van der Waals surface area contributed by atoms with Gasteiger partial charge in [0.05, 0.1) is 5.56 Å². The second-order valence-electron chi connectivity index (χ2n) is 5.84. The van der Waals surface area contributed by atoms with Gasteiger partial charge in [0.15, 0.2) is 0 Å². The summed E-state index contributed by atoms with van der Waals surface area (Å²) < 4.78 is 0. The zero-order valence-electron chi connectivity index (χ0n) is 14.7. The molecule has 0 radical (unpaired) electrons. The van der Waals surface area contributed by atoms with Crippen molar-refractivity contribution in [3.8, 4) is 0 Å². The Morgan fingerprint density at radius 3 is 2.50 bits per heavy atom. The van der Waals surface area contributed by atoms with Gasteiger partial charge in [-0.25, -0.2) is 4.98 Å². The lowest BCUT2D eigenvalue weighted by Gasteiger charge is -2.17. The van der Waals surface area contributed by atoms with E-state index in [2.05, 4.69) is 15.3 Å². The third-order valence-electron chi connectivity index (χ3n) is 3.98. The molecule has 0 aliphatic carbocycles. The van der Waals surface area contributed by atoms with Gasteiger partial charge in [-0.3, -0.25) is 14.6 Å². The molecule has 2 amide bonds. The van der Waals surface area contributed by atoms with Crippen molar-refractivity contribution >= 4 is 46.9 Å². The van der Waals surface area contributed by atoms with Gasteiger partial charge < -0.3 is 10.2 Å². The first kappa shape index (κ1) is 19.8. The highest BCUT2D eigenvalue weighted by atomic mass is 35.5. The molecular weight excluding hydrogens is 399 g/mol. The predicted molar refractivity (Wildman–Crippen MR) is 110 cm³/mol. The van der Waals surface area contributed by atoms with Crippen molar-refractivity contribution in [2.24, 2.45) is 0 Å². The molecule has 0 fully saturated rings. The van der Waals surface area contributed by atoms with Crippen LogP contribution >= 0.6 is 23.2 Å². The molecule has 0 unspecified atom stereocenters. The number of halogens is 2. The van der Waals surface area contributed by atoms with E-state index in [1.54, 1.807) is 35.4 Å². The van der Waals surface area contributed by atoms with E-state index in [-0.39, 0.29) is 15.9 Å². The van der Waals surface area contributed by atoms with Gasteiger partial charge >= 0.3 is 0 Å². The summed E-state index contributed by atoms with van der Waals surface area (Å²) in [6.07, 6.45) is 3.14. The maximum absolute atomic E-state index is 12.3. The first-order valence-corrected chi connectivity index (χ1v) is 9.18. The number of carbonyl (C=O) groups excluding carboxylic acids is 2. The van der Waals surface area contributed by atoms with Gasteiger partial charge in [-0.2, -0.15) is 0 Å². The first-order chi connectivity index (χ1) is 13.6. The minimum absolute atomic E-state index is 0.0308. The number of rotatable bonds is 7. The number of benzene rings is 1. The Kier molecular flexibility index (Phi) is 6.57. The summed E-state index contributed by atoms with van der Waals surface area (Å²) in [5, 5.41) is 2.98. The van der Waals surface area contributed by atoms with E-state index in [4.69, 9.17) is 23.2 Å². The predicted octanol–water partition coefficient (Wildman–Crippen LogP) is 4.24. The number of aromatic nitrogens is 2. The number of hydrogen-bond donors (Lipinski definition) is 1. The van der Waals surface area contributed by atoms with Crippen molar-refractivity contribution < 1.29 is 9.59 Å². The number of hydrogen-bond acceptors (Lipinski definition) is 4. The average Bonchev–Trinajstić information content (AvgIpc) is 2.70. The number of pyridine rings is 2. The number of nitrogens with one attached hydrogen (secondary N) is 1. The number of anilines is 2. The topological polar surface area (TPSA) is 75.2 Å². The van der Waals surface area contributed by atoms with Crippen molar-refractivity contribution in [1.29, 1.82) is 0 Å². The molecule has 8 heteroatoms. The fourth-order valence-corrected chi connectivity index (χ4v) is 2.97. The van der Waals surface area contributed by atoms with Gasteiger partial charge in [0, 0.05) is 36.2 Å². The molecule has 3 aromatic rings. The molecule has 0 saturated heterocycles. The van der Waals surface area contributed by atoms with Crippen molar-refractivity contribution in [2.75, 3.05) is 16.8 Å². The fourth-order valence-electron chi connectivity index (χ4n) is 2.54. The van der Waals surface area contributed by atoms with Gasteiger partial charge in [-0.1, -0.05) is 29.3 Å². The molecule has 0 atom stereocenters. The summed E-state index contributed by atoms with van der Waals surface area (Å²) in [6, 6.07) is 15.6. The third kappa shape index (κ3) is 5.06. The third-order valence-corrected chi connectivity index (χ3v) is 4.48. The molecule has 0 aliphatic rings. The second-order valence-corrected chi connectivity index (χ2v) is 6.59. The lowest BCUT2D eigenvalue weighted by molar-refractivity contribution is -0.107. The normalized spacial score (nSPS) is 10.4. The molecule has 2 heterocycles. The van der Waals surface area contributed by atoms with E-state index in [0.717, 1.165) is 17.8 Å². The molecular formula is C20H16Cl2N4O2. The summed E-state index contributed by atoms with van der Waals surface area (Å²) >= 11 is 11.7. The Morgan fingerprint density at radius 2 is 1.86 bits per heavy atom. The highest BCUT2D eigenvalue weighted by Gasteiger charge is 2.13. The van der Waals surface area contributed by atoms with Crippen LogP contribution in [0.3, 0.4) is 0 Å². The van der Waals surface area contributed by atoms with Crippen LogP contribution in [-0.4, -0.2) is 28.8 Å². The standard InChI is InChI=1S/C20H16Cl2N4O2/c21-18-9-8-17(19(22)25-18)20(28)24-15-4-6-16(7-5-15)26(13-27)12-10-14-3-1-2-11-23-14/h1-9,11,13H,10,12H2,(H,24,28). The van der Waals surface area contributed by atoms with Crippen LogP contribution < -0.4 is 10.2 Å². The van der Waals surface area contributed by atoms with E-state index in [1.165, 1.54) is 12.1 Å². The highest BCUT2D eigenvalue weighted by Crippen LogP contribution is 2.21. The summed E-state index contributed by atoms with van der Waals surface area (Å²) in [5.74, 6) is -0.399. The van der Waals surface area contributed by atoms with E-state index >= 15 is 0 Å². The Bertz CT molecular complexity index is 966. The van der Waals surface area contributed by atoms with Gasteiger partial charge in [0.1, 0.15) is 10.3 Å². The summed E-state index contributed by atoms with van der Waals surface area (Å²) in [7, 11) is 0. The molecule has 1 aromatic carbocycles. The van der Waals surface area contributed by atoms with Crippen molar-refractivity contribution in [3.63, 3.8) is 0 Å². The Balaban J connectivity index is 1.64. The lowest BCUT2D eigenvalue weighted by Crippen LogP contribution is -2.24. The van der Waals surface area contributed by atoms with Crippen LogP contribution in [0.1, 0.15) is 16.1 Å². The Labute approximate surface area is 172 Å². The number of carbonyl (C=O) groups is 2. The van der Waals surface area contributed by atoms with Gasteiger partial charge in [-0.05, 0) is 48.5 Å². The number of amides is 2. The molecule has 3 rings (SSSR count). The molecule has 0 spiro atoms. The molecule has 1 N–H and O–H groups in total. The van der Waals surface area contributed by atoms with Crippen LogP contribution in [0.5, 0.6) is 0 Å². The zero-order valence-corrected chi connectivity index (χ0v) is 16.2. The molecule has 0 aliphatic heterocycles. The Morgan fingerprint density at radius 1 is 1.07 bits per heavy atom. The molecule has 6 nitrogen and oxygen atoms in total. The van der Waals surface area contributed by atoms with E-state index in [1.807, 2.05) is 18.2 Å². The van der Waals surface area contributed by atoms with Crippen LogP contribution in [0.4, 0.5) is 11.4 Å². The molecule has 142 valence electrons. The van der Waals surface area contributed by atoms with Crippen LogP contribution in [-0.2, 0) is 11.2 Å². The van der Waals surface area contributed by atoms with Gasteiger partial charge in [0.25, 0.3) is 5.91 Å². The Hall–Kier alpha value is -2.96. The summed E-state index contributed by atoms with van der Waals surface area (Å²) in [6.45, 7) is 0.498. The minimum Gasteiger partial charge on any atom is -0.322 e. The van der Waals surface area contributed by atoms with Crippen molar-refractivity contribution in [2.45, 2.75) is 6.42 Å². The minimum atomic E-state index is -0.399. The quantitative estimate of drug-likeness (QED) is 0.463. The van der Waals surface area contributed by atoms with Crippen molar-refractivity contribution in [1.82, 2.24) is 9.97 Å². The van der Waals surface area contributed by atoms with Crippen LogP contribution in [0.25, 0.3) is 0 Å². The van der Waals surface area contributed by atoms with E-state index < -0.39 is 5.91 Å². The molecule has 2 aromatic heterocycles. The molecule has 0 saturated carbocycles. The lowest BCUT2D eigenvalue weighted by atomic mass is 10.2. The highest BCUT2D eigenvalue weighted by molar-refractivity contribution is 6.35. The smallest absolute Gasteiger partial charge is 0.258 e. The summed E-state index contributed by atoms with van der Waals surface area (Å²) in [5.41, 5.74) is 2.41. The maximum Gasteiger partial charge on any atom is 0.258 e. The van der Waals surface area contributed by atoms with Crippen LogP contribution in [0, 0.1) is 0 Å². The zero-order chi connectivity index (χ0) is 19.9. The van der Waals surface area contributed by atoms with Gasteiger partial charge in [0.2, 0.25) is 6.41 Å². The largest absolute Gasteiger partial charge is 0.322 e. The van der Waals surface area contributed by atoms with Crippen molar-refractivity contribution in [3.05, 3.63) is 82.4 Å². The maximum atomic E-state index is 12.3. The first-order valence-electron chi connectivity index (χ1n) is 8.42.